The zero-order valence-electron chi connectivity index (χ0n) is 18.5. The van der Waals surface area contributed by atoms with Crippen molar-refractivity contribution in [2.75, 3.05) is 39.8 Å². The van der Waals surface area contributed by atoms with Crippen molar-refractivity contribution in [3.63, 3.8) is 0 Å². The third-order valence-corrected chi connectivity index (χ3v) is 6.90. The van der Waals surface area contributed by atoms with Crippen molar-refractivity contribution in [3.8, 4) is 0 Å². The van der Waals surface area contributed by atoms with Crippen LogP contribution in [-0.4, -0.2) is 82.7 Å². The summed E-state index contributed by atoms with van der Waals surface area (Å²) in [6.45, 7) is 13.9. The lowest BCUT2D eigenvalue weighted by molar-refractivity contribution is -0.136. The molecule has 0 aliphatic carbocycles. The Morgan fingerprint density at radius 1 is 1.21 bits per heavy atom. The fourth-order valence-electron chi connectivity index (χ4n) is 4.95. The molecule has 0 radical (unpaired) electrons. The van der Waals surface area contributed by atoms with Crippen LogP contribution in [0.15, 0.2) is 0 Å². The van der Waals surface area contributed by atoms with Gasteiger partial charge in [0.25, 0.3) is 0 Å². The van der Waals surface area contributed by atoms with Crippen LogP contribution in [0.3, 0.4) is 0 Å². The summed E-state index contributed by atoms with van der Waals surface area (Å²) in [6, 6.07) is 1.31. The third-order valence-electron chi connectivity index (χ3n) is 6.90. The third kappa shape index (κ3) is 4.95. The van der Waals surface area contributed by atoms with Gasteiger partial charge in [0.2, 0.25) is 5.91 Å². The summed E-state index contributed by atoms with van der Waals surface area (Å²) in [5.41, 5.74) is 3.42. The number of likely N-dealkylation sites (N-methyl/N-ethyl adjacent to an activating group) is 1. The number of nitrogens with one attached hydrogen (secondary N) is 1. The number of carbonyl (C=O) groups is 1. The molecule has 1 atom stereocenters. The highest BCUT2D eigenvalue weighted by Gasteiger charge is 2.33. The molecule has 1 amide bonds. The number of H-pyrrole nitrogens is 1. The monoisotopic (exact) mass is 389 g/mol. The maximum Gasteiger partial charge on any atom is 0.226 e. The Labute approximate surface area is 170 Å². The van der Waals surface area contributed by atoms with E-state index in [9.17, 15) is 4.79 Å². The lowest BCUT2D eigenvalue weighted by Gasteiger charge is -2.43. The molecular formula is C22H39N5O. The molecule has 1 aromatic rings. The molecule has 28 heavy (non-hydrogen) atoms. The molecular weight excluding hydrogens is 350 g/mol. The van der Waals surface area contributed by atoms with Crippen molar-refractivity contribution < 1.29 is 4.79 Å². The smallest absolute Gasteiger partial charge is 0.226 e. The van der Waals surface area contributed by atoms with E-state index in [0.29, 0.717) is 18.0 Å². The van der Waals surface area contributed by atoms with Gasteiger partial charge in [0.05, 0.1) is 11.6 Å². The number of aryl methyl sites for hydroxylation is 2. The van der Waals surface area contributed by atoms with Gasteiger partial charge in [-0.3, -0.25) is 14.8 Å². The lowest BCUT2D eigenvalue weighted by Crippen LogP contribution is -2.51. The maximum atomic E-state index is 13.1. The first-order valence-electron chi connectivity index (χ1n) is 11.1. The summed E-state index contributed by atoms with van der Waals surface area (Å²) in [5.74, 6) is 0.483. The summed E-state index contributed by atoms with van der Waals surface area (Å²) < 4.78 is 0. The Balaban J connectivity index is 1.50. The van der Waals surface area contributed by atoms with Crippen LogP contribution in [0.5, 0.6) is 0 Å². The SMILES string of the molecule is Cc1n[nH]c(C)c1CCN(C)C(=O)C1CCCN(C2CCN(C(C)C)CC2)C1. The highest BCUT2D eigenvalue weighted by Crippen LogP contribution is 2.25. The molecule has 6 nitrogen and oxygen atoms in total. The number of amides is 1. The highest BCUT2D eigenvalue weighted by molar-refractivity contribution is 5.79. The Morgan fingerprint density at radius 3 is 2.54 bits per heavy atom. The summed E-state index contributed by atoms with van der Waals surface area (Å²) in [5, 5.41) is 7.31. The number of aromatic amines is 1. The van der Waals surface area contributed by atoms with Gasteiger partial charge in [0.15, 0.2) is 0 Å². The van der Waals surface area contributed by atoms with Crippen LogP contribution < -0.4 is 0 Å². The van der Waals surface area contributed by atoms with Gasteiger partial charge in [0.1, 0.15) is 0 Å². The minimum absolute atomic E-state index is 0.161. The van der Waals surface area contributed by atoms with E-state index in [-0.39, 0.29) is 5.92 Å². The number of nitrogens with zero attached hydrogens (tertiary/aromatic N) is 4. The van der Waals surface area contributed by atoms with E-state index >= 15 is 0 Å². The topological polar surface area (TPSA) is 55.5 Å². The number of likely N-dealkylation sites (tertiary alicyclic amines) is 2. The van der Waals surface area contributed by atoms with E-state index in [1.807, 2.05) is 18.9 Å². The Bertz CT molecular complexity index is 628. The molecule has 6 heteroatoms. The van der Waals surface area contributed by atoms with Crippen LogP contribution in [0.4, 0.5) is 0 Å². The van der Waals surface area contributed by atoms with Gasteiger partial charge in [-0.25, -0.2) is 0 Å². The number of piperidine rings is 2. The number of aromatic nitrogens is 2. The molecule has 3 rings (SSSR count). The molecule has 1 N–H and O–H groups in total. The summed E-state index contributed by atoms with van der Waals surface area (Å²) >= 11 is 0. The van der Waals surface area contributed by atoms with Crippen molar-refractivity contribution in [2.45, 2.75) is 71.9 Å². The molecule has 2 saturated heterocycles. The zero-order valence-corrected chi connectivity index (χ0v) is 18.5. The average Bonchev–Trinajstić information content (AvgIpc) is 3.03. The molecule has 0 bridgehead atoms. The number of carbonyl (C=O) groups excluding carboxylic acids is 1. The van der Waals surface area contributed by atoms with Crippen LogP contribution in [0, 0.1) is 19.8 Å². The standard InChI is InChI=1S/C22H39N5O/c1-16(2)26-13-8-20(9-14-26)27-11-6-7-19(15-27)22(28)25(5)12-10-21-17(3)23-24-18(21)4/h16,19-20H,6-15H2,1-5H3,(H,23,24). The Hall–Kier alpha value is -1.40. The molecule has 2 aliphatic heterocycles. The maximum absolute atomic E-state index is 13.1. The minimum Gasteiger partial charge on any atom is -0.345 e. The van der Waals surface area contributed by atoms with Crippen molar-refractivity contribution in [1.82, 2.24) is 24.9 Å². The normalized spacial score (nSPS) is 22.7. The van der Waals surface area contributed by atoms with Crippen LogP contribution in [0.1, 0.15) is 56.5 Å². The second-order valence-corrected chi connectivity index (χ2v) is 9.12. The lowest BCUT2D eigenvalue weighted by atomic mass is 9.92. The van der Waals surface area contributed by atoms with Crippen molar-refractivity contribution >= 4 is 5.91 Å². The summed E-state index contributed by atoms with van der Waals surface area (Å²) in [7, 11) is 1.97. The molecule has 2 fully saturated rings. The van der Waals surface area contributed by atoms with Gasteiger partial charge in [-0.15, -0.1) is 0 Å². The first kappa shape index (κ1) is 21.3. The zero-order chi connectivity index (χ0) is 20.3. The minimum atomic E-state index is 0.161. The van der Waals surface area contributed by atoms with E-state index in [4.69, 9.17) is 0 Å². The number of hydrogen-bond donors (Lipinski definition) is 1. The van der Waals surface area contributed by atoms with Crippen LogP contribution in [0.25, 0.3) is 0 Å². The Kier molecular flexibility index (Phi) is 7.15. The molecule has 2 aliphatic rings. The largest absolute Gasteiger partial charge is 0.345 e. The summed E-state index contributed by atoms with van der Waals surface area (Å²) in [4.78, 5) is 20.2. The van der Waals surface area contributed by atoms with Gasteiger partial charge in [-0.1, -0.05) is 0 Å². The van der Waals surface area contributed by atoms with Crippen LogP contribution in [-0.2, 0) is 11.2 Å². The number of rotatable bonds is 6. The summed E-state index contributed by atoms with van der Waals surface area (Å²) in [6.07, 6.45) is 5.55. The first-order chi connectivity index (χ1) is 13.4. The van der Waals surface area contributed by atoms with Crippen molar-refractivity contribution in [3.05, 3.63) is 17.0 Å². The van der Waals surface area contributed by atoms with Gasteiger partial charge < -0.3 is 9.80 Å². The molecule has 0 spiro atoms. The van der Waals surface area contributed by atoms with Gasteiger partial charge >= 0.3 is 0 Å². The molecule has 0 saturated carbocycles. The number of hydrogen-bond acceptors (Lipinski definition) is 4. The van der Waals surface area contributed by atoms with Gasteiger partial charge in [0, 0.05) is 37.9 Å². The second kappa shape index (κ2) is 9.40. The van der Waals surface area contributed by atoms with E-state index in [2.05, 4.69) is 40.8 Å². The molecule has 158 valence electrons. The van der Waals surface area contributed by atoms with E-state index in [1.165, 1.54) is 31.5 Å². The molecule has 1 unspecified atom stereocenters. The second-order valence-electron chi connectivity index (χ2n) is 9.12. The predicted octanol–water partition coefficient (Wildman–Crippen LogP) is 2.61. The quantitative estimate of drug-likeness (QED) is 0.813. The fraction of sp³-hybridized carbons (Fsp3) is 0.818. The van der Waals surface area contributed by atoms with Crippen LogP contribution in [0.2, 0.25) is 0 Å². The molecule has 1 aromatic heterocycles. The Morgan fingerprint density at radius 2 is 1.93 bits per heavy atom. The first-order valence-corrected chi connectivity index (χ1v) is 11.1. The molecule has 0 aromatic carbocycles. The van der Waals surface area contributed by atoms with Crippen molar-refractivity contribution in [1.29, 1.82) is 0 Å². The van der Waals surface area contributed by atoms with E-state index in [1.54, 1.807) is 0 Å². The highest BCUT2D eigenvalue weighted by atomic mass is 16.2. The molecule has 3 heterocycles. The van der Waals surface area contributed by atoms with E-state index < -0.39 is 0 Å². The van der Waals surface area contributed by atoms with Crippen LogP contribution >= 0.6 is 0 Å². The van der Waals surface area contributed by atoms with E-state index in [0.717, 1.165) is 50.3 Å². The van der Waals surface area contributed by atoms with Gasteiger partial charge in [-0.05, 0) is 85.0 Å². The van der Waals surface area contributed by atoms with Gasteiger partial charge in [-0.2, -0.15) is 5.10 Å². The van der Waals surface area contributed by atoms with Crippen molar-refractivity contribution in [2.24, 2.45) is 5.92 Å². The average molecular weight is 390 g/mol. The fourth-order valence-corrected chi connectivity index (χ4v) is 4.95. The predicted molar refractivity (Wildman–Crippen MR) is 113 cm³/mol.